The Morgan fingerprint density at radius 1 is 1.35 bits per heavy atom. The maximum atomic E-state index is 11.9. The van der Waals surface area contributed by atoms with Gasteiger partial charge in [0, 0.05) is 17.8 Å². The summed E-state index contributed by atoms with van der Waals surface area (Å²) in [6.45, 7) is 1.62. The van der Waals surface area contributed by atoms with Crippen molar-refractivity contribution in [1.82, 2.24) is 4.90 Å². The Morgan fingerprint density at radius 2 is 2.05 bits per heavy atom. The van der Waals surface area contributed by atoms with E-state index in [2.05, 4.69) is 5.32 Å². The number of nitrogens with zero attached hydrogens (tertiary/aromatic N) is 1. The fourth-order valence-electron chi connectivity index (χ4n) is 2.30. The van der Waals surface area contributed by atoms with Gasteiger partial charge >= 0.3 is 0 Å². The fourth-order valence-corrected chi connectivity index (χ4v) is 2.30. The molecule has 0 spiro atoms. The molecular formula is C14H19N3O3. The van der Waals surface area contributed by atoms with Crippen molar-refractivity contribution in [3.8, 4) is 0 Å². The number of likely N-dealkylation sites (tertiary alicyclic amines) is 1. The van der Waals surface area contributed by atoms with Crippen LogP contribution in [0.4, 0.5) is 5.69 Å². The number of benzene rings is 1. The van der Waals surface area contributed by atoms with Gasteiger partial charge in [0.1, 0.15) is 0 Å². The molecule has 1 fully saturated rings. The van der Waals surface area contributed by atoms with E-state index in [9.17, 15) is 14.7 Å². The Kier molecular flexibility index (Phi) is 4.70. The number of rotatable bonds is 4. The minimum atomic E-state index is -0.495. The third kappa shape index (κ3) is 4.04. The summed E-state index contributed by atoms with van der Waals surface area (Å²) in [5, 5.41) is 12.3. The van der Waals surface area contributed by atoms with Crippen LogP contribution in [0.3, 0.4) is 0 Å². The van der Waals surface area contributed by atoms with Gasteiger partial charge in [0.15, 0.2) is 0 Å². The van der Waals surface area contributed by atoms with Gasteiger partial charge in [-0.05, 0) is 43.7 Å². The van der Waals surface area contributed by atoms with E-state index in [1.165, 1.54) is 0 Å². The predicted molar refractivity (Wildman–Crippen MR) is 75.3 cm³/mol. The van der Waals surface area contributed by atoms with Crippen LogP contribution in [0.1, 0.15) is 23.2 Å². The zero-order valence-electron chi connectivity index (χ0n) is 11.2. The number of piperidine rings is 1. The smallest absolute Gasteiger partial charge is 0.248 e. The van der Waals surface area contributed by atoms with Gasteiger partial charge in [0.2, 0.25) is 11.8 Å². The van der Waals surface area contributed by atoms with Crippen molar-refractivity contribution in [2.75, 3.05) is 25.0 Å². The molecule has 2 amide bonds. The first kappa shape index (κ1) is 14.5. The number of aliphatic hydroxyl groups is 1. The predicted octanol–water partition coefficient (Wildman–Crippen LogP) is 0.181. The fraction of sp³-hybridized carbons (Fsp3) is 0.429. The van der Waals surface area contributed by atoms with Gasteiger partial charge in [0.05, 0.1) is 12.6 Å². The highest BCUT2D eigenvalue weighted by Gasteiger charge is 2.19. The number of β-amino-alcohol motifs (C(OH)–C–C–N with tert-alkyl or cyclic N) is 1. The van der Waals surface area contributed by atoms with Crippen LogP contribution in [-0.4, -0.2) is 47.6 Å². The van der Waals surface area contributed by atoms with E-state index in [0.29, 0.717) is 17.8 Å². The molecule has 0 saturated carbocycles. The number of hydrogen-bond donors (Lipinski definition) is 3. The molecule has 2 rings (SSSR count). The van der Waals surface area contributed by atoms with Crippen molar-refractivity contribution in [3.05, 3.63) is 29.8 Å². The Balaban J connectivity index is 1.86. The van der Waals surface area contributed by atoms with Gasteiger partial charge in [-0.2, -0.15) is 0 Å². The van der Waals surface area contributed by atoms with Gasteiger partial charge in [-0.3, -0.25) is 14.5 Å². The van der Waals surface area contributed by atoms with Crippen LogP contribution in [0.25, 0.3) is 0 Å². The number of hydrogen-bond acceptors (Lipinski definition) is 4. The number of nitrogens with two attached hydrogens (primary N) is 1. The molecule has 20 heavy (non-hydrogen) atoms. The van der Waals surface area contributed by atoms with E-state index in [-0.39, 0.29) is 18.6 Å². The first-order valence-corrected chi connectivity index (χ1v) is 6.65. The Labute approximate surface area is 117 Å². The van der Waals surface area contributed by atoms with Gasteiger partial charge in [-0.25, -0.2) is 0 Å². The summed E-state index contributed by atoms with van der Waals surface area (Å²) >= 11 is 0. The lowest BCUT2D eigenvalue weighted by molar-refractivity contribution is -0.118. The quantitative estimate of drug-likeness (QED) is 0.731. The van der Waals surface area contributed by atoms with Crippen LogP contribution in [0.5, 0.6) is 0 Å². The van der Waals surface area contributed by atoms with Crippen LogP contribution in [0.2, 0.25) is 0 Å². The molecule has 0 aromatic heterocycles. The molecule has 4 N–H and O–H groups in total. The molecule has 1 aliphatic heterocycles. The van der Waals surface area contributed by atoms with E-state index in [0.717, 1.165) is 19.4 Å². The summed E-state index contributed by atoms with van der Waals surface area (Å²) in [6.07, 6.45) is 1.36. The molecule has 0 bridgehead atoms. The number of carbonyl (C=O) groups is 2. The molecule has 6 nitrogen and oxygen atoms in total. The number of primary amides is 1. The highest BCUT2D eigenvalue weighted by atomic mass is 16.3. The van der Waals surface area contributed by atoms with Crippen molar-refractivity contribution in [2.24, 2.45) is 5.73 Å². The average molecular weight is 277 g/mol. The van der Waals surface area contributed by atoms with Crippen molar-refractivity contribution < 1.29 is 14.7 Å². The highest BCUT2D eigenvalue weighted by molar-refractivity contribution is 5.95. The van der Waals surface area contributed by atoms with Crippen LogP contribution in [-0.2, 0) is 4.79 Å². The second kappa shape index (κ2) is 6.49. The zero-order chi connectivity index (χ0) is 14.5. The second-order valence-corrected chi connectivity index (χ2v) is 5.02. The second-order valence-electron chi connectivity index (χ2n) is 5.02. The third-order valence-corrected chi connectivity index (χ3v) is 3.30. The lowest BCUT2D eigenvalue weighted by Gasteiger charge is -2.29. The van der Waals surface area contributed by atoms with Gasteiger partial charge in [-0.15, -0.1) is 0 Å². The van der Waals surface area contributed by atoms with E-state index in [1.807, 2.05) is 4.90 Å². The molecule has 0 aliphatic carbocycles. The lowest BCUT2D eigenvalue weighted by atomic mass is 10.1. The molecule has 1 aliphatic rings. The first-order chi connectivity index (χ1) is 9.54. The van der Waals surface area contributed by atoms with Gasteiger partial charge in [0.25, 0.3) is 0 Å². The minimum absolute atomic E-state index is 0.133. The minimum Gasteiger partial charge on any atom is -0.392 e. The summed E-state index contributed by atoms with van der Waals surface area (Å²) in [5.74, 6) is -0.629. The number of aliphatic hydroxyl groups excluding tert-OH is 1. The molecule has 1 aromatic carbocycles. The standard InChI is InChI=1S/C14H19N3O3/c15-14(20)10-3-5-11(6-4-10)16-13(19)9-17-7-1-2-12(18)8-17/h3-6,12,18H,1-2,7-9H2,(H2,15,20)(H,16,19). The molecule has 1 aromatic rings. The highest BCUT2D eigenvalue weighted by Crippen LogP contribution is 2.11. The summed E-state index contributed by atoms with van der Waals surface area (Å²) in [7, 11) is 0. The number of nitrogens with one attached hydrogen (secondary N) is 1. The van der Waals surface area contributed by atoms with Crippen LogP contribution < -0.4 is 11.1 Å². The summed E-state index contributed by atoms with van der Waals surface area (Å²) in [4.78, 5) is 24.7. The van der Waals surface area contributed by atoms with E-state index in [1.54, 1.807) is 24.3 Å². The largest absolute Gasteiger partial charge is 0.392 e. The molecule has 0 radical (unpaired) electrons. The van der Waals surface area contributed by atoms with Crippen molar-refractivity contribution in [2.45, 2.75) is 18.9 Å². The maximum Gasteiger partial charge on any atom is 0.248 e. The number of amides is 2. The first-order valence-electron chi connectivity index (χ1n) is 6.65. The summed E-state index contributed by atoms with van der Waals surface area (Å²) < 4.78 is 0. The van der Waals surface area contributed by atoms with Crippen LogP contribution in [0, 0.1) is 0 Å². The molecule has 1 unspecified atom stereocenters. The van der Waals surface area contributed by atoms with E-state index < -0.39 is 5.91 Å². The van der Waals surface area contributed by atoms with Gasteiger partial charge < -0.3 is 16.2 Å². The third-order valence-electron chi connectivity index (χ3n) is 3.30. The molecule has 1 heterocycles. The molecule has 1 atom stereocenters. The Bertz CT molecular complexity index is 487. The topological polar surface area (TPSA) is 95.7 Å². The maximum absolute atomic E-state index is 11.9. The molecule has 6 heteroatoms. The van der Waals surface area contributed by atoms with E-state index >= 15 is 0 Å². The number of anilines is 1. The van der Waals surface area contributed by atoms with E-state index in [4.69, 9.17) is 5.73 Å². The zero-order valence-corrected chi connectivity index (χ0v) is 11.2. The van der Waals surface area contributed by atoms with Gasteiger partial charge in [-0.1, -0.05) is 0 Å². The monoisotopic (exact) mass is 277 g/mol. The summed E-state index contributed by atoms with van der Waals surface area (Å²) in [5.41, 5.74) is 6.17. The summed E-state index contributed by atoms with van der Waals surface area (Å²) in [6, 6.07) is 6.43. The molecule has 108 valence electrons. The molecular weight excluding hydrogens is 258 g/mol. The van der Waals surface area contributed by atoms with Crippen LogP contribution in [0.15, 0.2) is 24.3 Å². The van der Waals surface area contributed by atoms with Crippen molar-refractivity contribution in [3.63, 3.8) is 0 Å². The van der Waals surface area contributed by atoms with Crippen molar-refractivity contribution in [1.29, 1.82) is 0 Å². The number of carbonyl (C=O) groups excluding carboxylic acids is 2. The Morgan fingerprint density at radius 3 is 2.65 bits per heavy atom. The average Bonchev–Trinajstić information content (AvgIpc) is 2.39. The normalized spacial score (nSPS) is 19.6. The Hall–Kier alpha value is -1.92. The molecule has 1 saturated heterocycles. The van der Waals surface area contributed by atoms with Crippen LogP contribution >= 0.6 is 0 Å². The van der Waals surface area contributed by atoms with Crippen molar-refractivity contribution >= 4 is 17.5 Å². The lowest BCUT2D eigenvalue weighted by Crippen LogP contribution is -2.42. The SMILES string of the molecule is NC(=O)c1ccc(NC(=O)CN2CCCC(O)C2)cc1.